The summed E-state index contributed by atoms with van der Waals surface area (Å²) < 4.78 is 5.54. The molecule has 1 saturated heterocycles. The Bertz CT molecular complexity index is 1230. The minimum atomic E-state index is -1.26. The van der Waals surface area contributed by atoms with E-state index in [4.69, 9.17) is 4.74 Å². The van der Waals surface area contributed by atoms with E-state index in [9.17, 15) is 19.2 Å². The van der Waals surface area contributed by atoms with Gasteiger partial charge in [0.1, 0.15) is 0 Å². The fraction of sp³-hybridized carbons (Fsp3) is 0.241. The van der Waals surface area contributed by atoms with E-state index >= 15 is 0 Å². The standard InChI is InChI=1S/C29H26N2O5/c1-2-3-18-36-29(35)25-24(31-26(32)21-16-10-11-17-22(21)27(31)33)28(34)30(25)23(19-12-6-4-7-13-19)20-14-8-5-9-15-20/h4-17,23-25H,2-3,18H2,1H3/t24-,25-/m0/s1. The van der Waals surface area contributed by atoms with Crippen LogP contribution in [0.25, 0.3) is 0 Å². The molecule has 0 aliphatic carbocycles. The molecule has 7 heteroatoms. The van der Waals surface area contributed by atoms with E-state index in [-0.39, 0.29) is 17.7 Å². The molecule has 0 N–H and O–H groups in total. The van der Waals surface area contributed by atoms with Gasteiger partial charge in [-0.1, -0.05) is 86.1 Å². The predicted molar refractivity (Wildman–Crippen MR) is 132 cm³/mol. The van der Waals surface area contributed by atoms with Crippen LogP contribution in [-0.2, 0) is 14.3 Å². The van der Waals surface area contributed by atoms with Gasteiger partial charge in [0.05, 0.1) is 23.8 Å². The van der Waals surface area contributed by atoms with Crippen LogP contribution in [0.4, 0.5) is 0 Å². The third kappa shape index (κ3) is 3.86. The van der Waals surface area contributed by atoms with Crippen molar-refractivity contribution in [1.29, 1.82) is 0 Å². The highest BCUT2D eigenvalue weighted by Gasteiger charge is 2.61. The number of ether oxygens (including phenoxy) is 1. The van der Waals surface area contributed by atoms with Crippen LogP contribution in [0.15, 0.2) is 84.9 Å². The zero-order chi connectivity index (χ0) is 25.2. The van der Waals surface area contributed by atoms with Crippen LogP contribution in [0.1, 0.15) is 57.7 Å². The molecule has 0 radical (unpaired) electrons. The molecule has 3 amide bonds. The number of fused-ring (bicyclic) bond motifs is 1. The maximum atomic E-state index is 13.8. The number of nitrogens with zero attached hydrogens (tertiary/aromatic N) is 2. The molecule has 36 heavy (non-hydrogen) atoms. The van der Waals surface area contributed by atoms with Crippen LogP contribution < -0.4 is 0 Å². The highest BCUT2D eigenvalue weighted by molar-refractivity contribution is 6.24. The Morgan fingerprint density at radius 2 is 1.31 bits per heavy atom. The van der Waals surface area contributed by atoms with Gasteiger partial charge in [0.2, 0.25) is 5.91 Å². The molecule has 2 aliphatic rings. The molecule has 3 aromatic rings. The SMILES string of the molecule is CCCCOC(=O)[C@@H]1[C@H](N2C(=O)c3ccccc3C2=O)C(=O)N1C(c1ccccc1)c1ccccc1. The summed E-state index contributed by atoms with van der Waals surface area (Å²) in [6, 6.07) is 22.2. The lowest BCUT2D eigenvalue weighted by Crippen LogP contribution is -2.74. The molecule has 1 fully saturated rings. The molecule has 0 bridgehead atoms. The Morgan fingerprint density at radius 3 is 1.81 bits per heavy atom. The monoisotopic (exact) mass is 482 g/mol. The van der Waals surface area contributed by atoms with Crippen LogP contribution in [0, 0.1) is 0 Å². The van der Waals surface area contributed by atoms with E-state index in [1.54, 1.807) is 24.3 Å². The van der Waals surface area contributed by atoms with Crippen molar-refractivity contribution in [3.8, 4) is 0 Å². The molecule has 2 atom stereocenters. The van der Waals surface area contributed by atoms with Gasteiger partial charge in [-0.3, -0.25) is 19.3 Å². The molecule has 5 rings (SSSR count). The molecule has 2 aliphatic heterocycles. The number of unbranched alkanes of at least 4 members (excludes halogenated alkanes) is 1. The summed E-state index contributed by atoms with van der Waals surface area (Å²) in [5.74, 6) is -2.24. The number of amides is 3. The quantitative estimate of drug-likeness (QED) is 0.210. The second-order valence-corrected chi connectivity index (χ2v) is 8.91. The molecule has 0 unspecified atom stereocenters. The smallest absolute Gasteiger partial charge is 0.331 e. The van der Waals surface area contributed by atoms with Crippen molar-refractivity contribution in [2.45, 2.75) is 37.9 Å². The molecule has 182 valence electrons. The number of benzene rings is 3. The number of likely N-dealkylation sites (tertiary alicyclic amines) is 1. The average molecular weight is 483 g/mol. The number of esters is 1. The number of carbonyl (C=O) groups excluding carboxylic acids is 4. The summed E-state index contributed by atoms with van der Waals surface area (Å²) in [7, 11) is 0. The van der Waals surface area contributed by atoms with Crippen molar-refractivity contribution in [2.24, 2.45) is 0 Å². The number of β-lactam (4-membered cyclic amide) rings is 1. The lowest BCUT2D eigenvalue weighted by molar-refractivity contribution is -0.176. The summed E-state index contributed by atoms with van der Waals surface area (Å²) in [5, 5.41) is 0. The maximum Gasteiger partial charge on any atom is 0.331 e. The number of imide groups is 1. The maximum absolute atomic E-state index is 13.8. The van der Waals surface area contributed by atoms with Gasteiger partial charge < -0.3 is 9.64 Å². The number of hydrogen-bond donors (Lipinski definition) is 0. The van der Waals surface area contributed by atoms with Crippen LogP contribution in [0.3, 0.4) is 0 Å². The first kappa shape index (κ1) is 23.5. The lowest BCUT2D eigenvalue weighted by Gasteiger charge is -2.51. The average Bonchev–Trinajstić information content (AvgIpc) is 3.16. The number of hydrogen-bond acceptors (Lipinski definition) is 5. The molecule has 0 aromatic heterocycles. The van der Waals surface area contributed by atoms with Crippen molar-refractivity contribution in [3.63, 3.8) is 0 Å². The summed E-state index contributed by atoms with van der Waals surface area (Å²) in [6.07, 6.45) is 1.50. The predicted octanol–water partition coefficient (Wildman–Crippen LogP) is 3.99. The van der Waals surface area contributed by atoms with Gasteiger partial charge in [-0.2, -0.15) is 0 Å². The van der Waals surface area contributed by atoms with E-state index < -0.39 is 41.8 Å². The van der Waals surface area contributed by atoms with Gasteiger partial charge in [0.25, 0.3) is 11.8 Å². The Labute approximate surface area is 209 Å². The summed E-state index contributed by atoms with van der Waals surface area (Å²) in [4.78, 5) is 56.0. The van der Waals surface area contributed by atoms with Crippen LogP contribution in [0.2, 0.25) is 0 Å². The minimum Gasteiger partial charge on any atom is -0.464 e. The van der Waals surface area contributed by atoms with Gasteiger partial charge >= 0.3 is 5.97 Å². The molecule has 3 aromatic carbocycles. The fourth-order valence-corrected chi connectivity index (χ4v) is 4.92. The molecule has 0 spiro atoms. The van der Waals surface area contributed by atoms with Crippen molar-refractivity contribution in [1.82, 2.24) is 9.80 Å². The first-order valence-corrected chi connectivity index (χ1v) is 12.1. The first-order valence-electron chi connectivity index (χ1n) is 12.1. The zero-order valence-corrected chi connectivity index (χ0v) is 19.9. The van der Waals surface area contributed by atoms with E-state index in [0.717, 1.165) is 22.4 Å². The molecule has 7 nitrogen and oxygen atoms in total. The van der Waals surface area contributed by atoms with E-state index in [2.05, 4.69) is 0 Å². The second kappa shape index (κ2) is 9.77. The van der Waals surface area contributed by atoms with Crippen LogP contribution in [-0.4, -0.2) is 52.2 Å². The lowest BCUT2D eigenvalue weighted by atomic mass is 9.86. The molecular formula is C29H26N2O5. The fourth-order valence-electron chi connectivity index (χ4n) is 4.92. The highest BCUT2D eigenvalue weighted by Crippen LogP contribution is 2.41. The van der Waals surface area contributed by atoms with Gasteiger partial charge in [-0.25, -0.2) is 4.79 Å². The first-order chi connectivity index (χ1) is 17.5. The number of rotatable bonds is 8. The molecule has 2 heterocycles. The van der Waals surface area contributed by atoms with Gasteiger partial charge in [-0.15, -0.1) is 0 Å². The Hall–Kier alpha value is -4.26. The van der Waals surface area contributed by atoms with Crippen molar-refractivity contribution < 1.29 is 23.9 Å². The zero-order valence-electron chi connectivity index (χ0n) is 19.9. The van der Waals surface area contributed by atoms with Crippen molar-refractivity contribution in [2.75, 3.05) is 6.61 Å². The van der Waals surface area contributed by atoms with Crippen molar-refractivity contribution in [3.05, 3.63) is 107 Å². The van der Waals surface area contributed by atoms with E-state index in [0.29, 0.717) is 6.42 Å². The summed E-state index contributed by atoms with van der Waals surface area (Å²) in [6.45, 7) is 2.18. The minimum absolute atomic E-state index is 0.198. The van der Waals surface area contributed by atoms with Crippen LogP contribution in [0.5, 0.6) is 0 Å². The summed E-state index contributed by atoms with van der Waals surface area (Å²) in [5.41, 5.74) is 2.08. The molecular weight excluding hydrogens is 456 g/mol. The Morgan fingerprint density at radius 1 is 0.806 bits per heavy atom. The third-order valence-corrected chi connectivity index (χ3v) is 6.70. The van der Waals surface area contributed by atoms with Gasteiger partial charge in [-0.05, 0) is 29.7 Å². The van der Waals surface area contributed by atoms with Gasteiger partial charge in [0, 0.05) is 0 Å². The largest absolute Gasteiger partial charge is 0.464 e. The van der Waals surface area contributed by atoms with Crippen molar-refractivity contribution >= 4 is 23.7 Å². The Kier molecular flexibility index (Phi) is 6.38. The summed E-state index contributed by atoms with van der Waals surface area (Å²) >= 11 is 0. The van der Waals surface area contributed by atoms with Crippen LogP contribution >= 0.6 is 0 Å². The third-order valence-electron chi connectivity index (χ3n) is 6.70. The highest BCUT2D eigenvalue weighted by atomic mass is 16.5. The normalized spacial score (nSPS) is 18.9. The van der Waals surface area contributed by atoms with E-state index in [1.807, 2.05) is 67.6 Å². The topological polar surface area (TPSA) is 84.0 Å². The second-order valence-electron chi connectivity index (χ2n) is 8.91. The van der Waals surface area contributed by atoms with E-state index in [1.165, 1.54) is 4.90 Å². The van der Waals surface area contributed by atoms with Gasteiger partial charge in [0.15, 0.2) is 12.1 Å². The Balaban J connectivity index is 1.56. The number of carbonyl (C=O) groups is 4. The molecule has 0 saturated carbocycles.